The molecule has 1 aromatic rings. The lowest BCUT2D eigenvalue weighted by atomic mass is 10.1. The Morgan fingerprint density at radius 3 is 2.74 bits per heavy atom. The predicted molar refractivity (Wildman–Crippen MR) is 69.5 cm³/mol. The number of hydrogen-bond donors (Lipinski definition) is 2. The zero-order valence-corrected chi connectivity index (χ0v) is 11.5. The van der Waals surface area contributed by atoms with E-state index in [-0.39, 0.29) is 18.5 Å². The van der Waals surface area contributed by atoms with E-state index >= 15 is 0 Å². The molecule has 0 spiro atoms. The molecule has 1 atom stereocenters. The van der Waals surface area contributed by atoms with E-state index in [9.17, 15) is 9.59 Å². The van der Waals surface area contributed by atoms with E-state index in [1.165, 1.54) is 4.90 Å². The van der Waals surface area contributed by atoms with Crippen molar-refractivity contribution < 1.29 is 14.7 Å². The molecule has 19 heavy (non-hydrogen) atoms. The highest BCUT2D eigenvalue weighted by Gasteiger charge is 2.17. The van der Waals surface area contributed by atoms with Crippen molar-refractivity contribution in [2.75, 3.05) is 7.05 Å². The van der Waals surface area contributed by atoms with E-state index in [1.807, 2.05) is 18.5 Å². The lowest BCUT2D eigenvalue weighted by Gasteiger charge is -2.21. The fraction of sp³-hybridized carbons (Fsp3) is 0.583. The summed E-state index contributed by atoms with van der Waals surface area (Å²) in [5, 5.41) is 11.4. The number of urea groups is 1. The van der Waals surface area contributed by atoms with Gasteiger partial charge >= 0.3 is 12.0 Å². The minimum Gasteiger partial charge on any atom is -0.481 e. The van der Waals surface area contributed by atoms with Gasteiger partial charge in [-0.05, 0) is 6.42 Å². The first kappa shape index (κ1) is 15.0. The van der Waals surface area contributed by atoms with Crippen LogP contribution >= 0.6 is 0 Å². The van der Waals surface area contributed by atoms with Crippen molar-refractivity contribution in [2.45, 2.75) is 32.4 Å². The molecule has 0 bridgehead atoms. The molecule has 0 aliphatic carbocycles. The van der Waals surface area contributed by atoms with Crippen LogP contribution < -0.4 is 5.32 Å². The number of hydrogen-bond acceptors (Lipinski definition) is 3. The molecule has 106 valence electrons. The van der Waals surface area contributed by atoms with Gasteiger partial charge in [-0.25, -0.2) is 9.78 Å². The van der Waals surface area contributed by atoms with Gasteiger partial charge in [0.2, 0.25) is 0 Å². The summed E-state index contributed by atoms with van der Waals surface area (Å²) in [5.41, 5.74) is 0. The van der Waals surface area contributed by atoms with Gasteiger partial charge in [-0.1, -0.05) is 6.92 Å². The molecule has 2 N–H and O–H groups in total. The highest BCUT2D eigenvalue weighted by molar-refractivity contribution is 5.75. The summed E-state index contributed by atoms with van der Waals surface area (Å²) in [6, 6.07) is -0.648. The zero-order chi connectivity index (χ0) is 14.4. The van der Waals surface area contributed by atoms with Crippen molar-refractivity contribution in [3.63, 3.8) is 0 Å². The molecule has 7 nitrogen and oxygen atoms in total. The molecule has 1 aromatic heterocycles. The van der Waals surface area contributed by atoms with Crippen LogP contribution in [0.25, 0.3) is 0 Å². The Bertz CT molecular complexity index is 444. The Hall–Kier alpha value is -2.05. The van der Waals surface area contributed by atoms with Crippen molar-refractivity contribution in [2.24, 2.45) is 7.05 Å². The fourth-order valence-electron chi connectivity index (χ4n) is 1.63. The van der Waals surface area contributed by atoms with Crippen LogP contribution in [0.1, 0.15) is 25.6 Å². The number of nitrogens with zero attached hydrogens (tertiary/aromatic N) is 3. The minimum atomic E-state index is -0.918. The van der Waals surface area contributed by atoms with Gasteiger partial charge in [0, 0.05) is 32.5 Å². The first-order valence-corrected chi connectivity index (χ1v) is 6.13. The maximum Gasteiger partial charge on any atom is 0.317 e. The Kier molecular flexibility index (Phi) is 5.35. The number of carboxylic acid groups (broad SMARTS) is 1. The molecule has 1 rings (SSSR count). The SMILES string of the molecule is CCC(CC(=O)O)NC(=O)N(C)Cc1nccn1C. The van der Waals surface area contributed by atoms with Gasteiger partial charge in [-0.15, -0.1) is 0 Å². The number of aliphatic carboxylic acids is 1. The molecule has 0 fully saturated rings. The number of carboxylic acids is 1. The van der Waals surface area contributed by atoms with E-state index in [2.05, 4.69) is 10.3 Å². The third-order valence-electron chi connectivity index (χ3n) is 2.89. The lowest BCUT2D eigenvalue weighted by molar-refractivity contribution is -0.137. The maximum atomic E-state index is 11.9. The van der Waals surface area contributed by atoms with Crippen molar-refractivity contribution in [1.29, 1.82) is 0 Å². The lowest BCUT2D eigenvalue weighted by Crippen LogP contribution is -2.43. The summed E-state index contributed by atoms with van der Waals surface area (Å²) in [7, 11) is 3.50. The number of carbonyl (C=O) groups is 2. The Balaban J connectivity index is 2.52. The van der Waals surface area contributed by atoms with Crippen LogP contribution in [0.2, 0.25) is 0 Å². The number of nitrogens with one attached hydrogen (secondary N) is 1. The number of amides is 2. The molecule has 0 aromatic carbocycles. The van der Waals surface area contributed by atoms with E-state index in [0.717, 1.165) is 5.82 Å². The van der Waals surface area contributed by atoms with Crippen LogP contribution in [0.4, 0.5) is 4.79 Å². The minimum absolute atomic E-state index is 0.0709. The number of aryl methyl sites for hydroxylation is 1. The summed E-state index contributed by atoms with van der Waals surface area (Å²) in [4.78, 5) is 28.2. The van der Waals surface area contributed by atoms with Gasteiger partial charge in [-0.3, -0.25) is 4.79 Å². The quantitative estimate of drug-likeness (QED) is 0.799. The molecule has 0 saturated heterocycles. The van der Waals surface area contributed by atoms with Gasteiger partial charge in [0.25, 0.3) is 0 Å². The molecule has 1 unspecified atom stereocenters. The molecule has 0 aliphatic rings. The topological polar surface area (TPSA) is 87.5 Å². The van der Waals surface area contributed by atoms with Crippen LogP contribution in [0, 0.1) is 0 Å². The molecule has 7 heteroatoms. The maximum absolute atomic E-state index is 11.9. The summed E-state index contributed by atoms with van der Waals surface area (Å²) >= 11 is 0. The Labute approximate surface area is 112 Å². The molecule has 0 saturated carbocycles. The van der Waals surface area contributed by atoms with Crippen molar-refractivity contribution in [3.8, 4) is 0 Å². The number of rotatable bonds is 6. The van der Waals surface area contributed by atoms with Crippen LogP contribution in [-0.4, -0.2) is 44.6 Å². The molecule has 1 heterocycles. The highest BCUT2D eigenvalue weighted by atomic mass is 16.4. The largest absolute Gasteiger partial charge is 0.481 e. The van der Waals surface area contributed by atoms with Crippen LogP contribution in [0.3, 0.4) is 0 Å². The van der Waals surface area contributed by atoms with Gasteiger partial charge in [0.1, 0.15) is 5.82 Å². The Morgan fingerprint density at radius 2 is 2.26 bits per heavy atom. The van der Waals surface area contributed by atoms with E-state index < -0.39 is 5.97 Å². The second kappa shape index (κ2) is 6.77. The second-order valence-electron chi connectivity index (χ2n) is 4.46. The van der Waals surface area contributed by atoms with Gasteiger partial charge in [0.15, 0.2) is 0 Å². The van der Waals surface area contributed by atoms with Crippen LogP contribution in [0.15, 0.2) is 12.4 Å². The fourth-order valence-corrected chi connectivity index (χ4v) is 1.63. The van der Waals surface area contributed by atoms with Gasteiger partial charge in [-0.2, -0.15) is 0 Å². The smallest absolute Gasteiger partial charge is 0.317 e. The summed E-state index contributed by atoms with van der Waals surface area (Å²) in [6.45, 7) is 2.21. The highest BCUT2D eigenvalue weighted by Crippen LogP contribution is 2.02. The summed E-state index contributed by atoms with van der Waals surface area (Å²) in [5.74, 6) is -0.150. The standard InChI is InChI=1S/C12H20N4O3/c1-4-9(7-11(17)18)14-12(19)16(3)8-10-13-5-6-15(10)2/h5-6,9H,4,7-8H2,1-3H3,(H,14,19)(H,17,18). The molecule has 2 amide bonds. The van der Waals surface area contributed by atoms with Crippen LogP contribution in [-0.2, 0) is 18.4 Å². The molecular weight excluding hydrogens is 248 g/mol. The number of aromatic nitrogens is 2. The predicted octanol–water partition coefficient (Wildman–Crippen LogP) is 0.815. The van der Waals surface area contributed by atoms with Crippen molar-refractivity contribution >= 4 is 12.0 Å². The molecule has 0 radical (unpaired) electrons. The average Bonchev–Trinajstić information content (AvgIpc) is 2.73. The van der Waals surface area contributed by atoms with E-state index in [0.29, 0.717) is 13.0 Å². The second-order valence-corrected chi connectivity index (χ2v) is 4.46. The van der Waals surface area contributed by atoms with Crippen molar-refractivity contribution in [3.05, 3.63) is 18.2 Å². The third kappa shape index (κ3) is 4.61. The van der Waals surface area contributed by atoms with Gasteiger partial charge < -0.3 is 19.9 Å². The number of carbonyl (C=O) groups excluding carboxylic acids is 1. The number of imidazole rings is 1. The monoisotopic (exact) mass is 268 g/mol. The van der Waals surface area contributed by atoms with E-state index in [1.54, 1.807) is 19.4 Å². The van der Waals surface area contributed by atoms with Crippen LogP contribution in [0.5, 0.6) is 0 Å². The molecule has 0 aliphatic heterocycles. The normalized spacial score (nSPS) is 11.9. The first-order valence-electron chi connectivity index (χ1n) is 6.13. The van der Waals surface area contributed by atoms with E-state index in [4.69, 9.17) is 5.11 Å². The van der Waals surface area contributed by atoms with Gasteiger partial charge in [0.05, 0.1) is 13.0 Å². The summed E-state index contributed by atoms with van der Waals surface area (Å²) in [6.07, 6.45) is 3.98. The zero-order valence-electron chi connectivity index (χ0n) is 11.5. The first-order chi connectivity index (χ1) is 8.93. The Morgan fingerprint density at radius 1 is 1.58 bits per heavy atom. The third-order valence-corrected chi connectivity index (χ3v) is 2.89. The average molecular weight is 268 g/mol. The van der Waals surface area contributed by atoms with Crippen molar-refractivity contribution in [1.82, 2.24) is 19.8 Å². The molecular formula is C12H20N4O3. The summed E-state index contributed by atoms with van der Waals surface area (Å²) < 4.78 is 1.83.